The summed E-state index contributed by atoms with van der Waals surface area (Å²) in [6, 6.07) is 6.42. The van der Waals surface area contributed by atoms with E-state index < -0.39 is 0 Å². The molecule has 1 saturated carbocycles. The smallest absolute Gasteiger partial charge is 0.163 e. The Bertz CT molecular complexity index is 530. The number of hydrogen-bond acceptors (Lipinski definition) is 4. The fraction of sp³-hybridized carbons (Fsp3) is 0.533. The van der Waals surface area contributed by atoms with E-state index in [1.165, 1.54) is 0 Å². The molecule has 3 rings (SSSR count). The Labute approximate surface area is 113 Å². The molecular formula is C15H18N2O2. The molecule has 0 unspecified atom stereocenters. The van der Waals surface area contributed by atoms with Crippen LogP contribution in [0.5, 0.6) is 11.5 Å². The van der Waals surface area contributed by atoms with Crippen LogP contribution in [0.15, 0.2) is 12.1 Å². The van der Waals surface area contributed by atoms with Crippen LogP contribution in [0.25, 0.3) is 0 Å². The van der Waals surface area contributed by atoms with Gasteiger partial charge in [0.2, 0.25) is 0 Å². The number of rotatable bonds is 3. The van der Waals surface area contributed by atoms with Crippen molar-refractivity contribution in [1.82, 2.24) is 0 Å². The summed E-state index contributed by atoms with van der Waals surface area (Å²) in [6.45, 7) is 3.96. The Morgan fingerprint density at radius 2 is 1.95 bits per heavy atom. The van der Waals surface area contributed by atoms with Crippen LogP contribution in [0.4, 0.5) is 5.69 Å². The lowest BCUT2D eigenvalue weighted by molar-refractivity contribution is 0.171. The molecule has 4 heteroatoms. The van der Waals surface area contributed by atoms with Gasteiger partial charge >= 0.3 is 0 Å². The van der Waals surface area contributed by atoms with Crippen LogP contribution in [-0.2, 0) is 0 Å². The summed E-state index contributed by atoms with van der Waals surface area (Å²) in [4.78, 5) is 0. The third-order valence-corrected chi connectivity index (χ3v) is 4.05. The molecule has 1 aliphatic carbocycles. The van der Waals surface area contributed by atoms with E-state index in [2.05, 4.69) is 11.4 Å². The van der Waals surface area contributed by atoms with Crippen molar-refractivity contribution < 1.29 is 9.47 Å². The summed E-state index contributed by atoms with van der Waals surface area (Å²) >= 11 is 0. The van der Waals surface area contributed by atoms with Gasteiger partial charge in [0.1, 0.15) is 13.2 Å². The van der Waals surface area contributed by atoms with Crippen molar-refractivity contribution >= 4 is 5.69 Å². The van der Waals surface area contributed by atoms with Crippen molar-refractivity contribution in [2.24, 2.45) is 5.41 Å². The molecule has 0 spiro atoms. The van der Waals surface area contributed by atoms with Gasteiger partial charge in [-0.05, 0) is 31.4 Å². The molecule has 0 radical (unpaired) electrons. The molecule has 1 aromatic carbocycles. The molecular weight excluding hydrogens is 240 g/mol. The van der Waals surface area contributed by atoms with Gasteiger partial charge in [-0.2, -0.15) is 5.26 Å². The Morgan fingerprint density at radius 3 is 2.53 bits per heavy atom. The Hall–Kier alpha value is -1.89. The van der Waals surface area contributed by atoms with Gasteiger partial charge in [0, 0.05) is 18.3 Å². The van der Waals surface area contributed by atoms with E-state index in [4.69, 9.17) is 9.47 Å². The highest BCUT2D eigenvalue weighted by molar-refractivity contribution is 5.60. The monoisotopic (exact) mass is 258 g/mol. The first-order valence-electron chi connectivity index (χ1n) is 6.78. The first kappa shape index (κ1) is 12.2. The van der Waals surface area contributed by atoms with Gasteiger partial charge in [0.25, 0.3) is 0 Å². The number of benzene rings is 1. The number of anilines is 1. The molecule has 4 nitrogen and oxygen atoms in total. The lowest BCUT2D eigenvalue weighted by atomic mass is 9.70. The normalized spacial score (nSPS) is 19.2. The predicted molar refractivity (Wildman–Crippen MR) is 72.6 cm³/mol. The second-order valence-corrected chi connectivity index (χ2v) is 5.41. The molecule has 0 atom stereocenters. The SMILES string of the molecule is Cc1cc2c(cc1NCC1(C#N)CCC1)OCCO2. The predicted octanol–water partition coefficient (Wildman–Crippen LogP) is 2.87. The average molecular weight is 258 g/mol. The minimum absolute atomic E-state index is 0.167. The summed E-state index contributed by atoms with van der Waals surface area (Å²) in [7, 11) is 0. The van der Waals surface area contributed by atoms with Gasteiger partial charge in [-0.3, -0.25) is 0 Å². The highest BCUT2D eigenvalue weighted by Crippen LogP contribution is 2.41. The number of nitrogens with one attached hydrogen (secondary N) is 1. The zero-order chi connectivity index (χ0) is 13.3. The molecule has 0 bridgehead atoms. The highest BCUT2D eigenvalue weighted by atomic mass is 16.6. The first-order chi connectivity index (χ1) is 9.22. The van der Waals surface area contributed by atoms with E-state index >= 15 is 0 Å². The van der Waals surface area contributed by atoms with Crippen molar-refractivity contribution in [2.75, 3.05) is 25.1 Å². The summed E-state index contributed by atoms with van der Waals surface area (Å²) in [5.41, 5.74) is 1.99. The van der Waals surface area contributed by atoms with Crippen LogP contribution < -0.4 is 14.8 Å². The average Bonchev–Trinajstić information content (AvgIpc) is 2.38. The second kappa shape index (κ2) is 4.65. The first-order valence-corrected chi connectivity index (χ1v) is 6.78. The third-order valence-electron chi connectivity index (χ3n) is 4.05. The minimum atomic E-state index is -0.167. The van der Waals surface area contributed by atoms with Gasteiger partial charge in [0.15, 0.2) is 11.5 Å². The van der Waals surface area contributed by atoms with Crippen LogP contribution >= 0.6 is 0 Å². The maximum atomic E-state index is 9.24. The number of ether oxygens (including phenoxy) is 2. The largest absolute Gasteiger partial charge is 0.486 e. The summed E-state index contributed by atoms with van der Waals surface area (Å²) in [6.07, 6.45) is 3.16. The van der Waals surface area contributed by atoms with Gasteiger partial charge in [-0.15, -0.1) is 0 Å². The lowest BCUT2D eigenvalue weighted by Crippen LogP contribution is -2.35. The van der Waals surface area contributed by atoms with Crippen LogP contribution in [0, 0.1) is 23.7 Å². The number of aryl methyl sites for hydroxylation is 1. The molecule has 1 N–H and O–H groups in total. The standard InChI is InChI=1S/C15H18N2O2/c1-11-7-13-14(19-6-5-18-13)8-12(11)17-10-15(9-16)3-2-4-15/h7-8,17H,2-6,10H2,1H3. The fourth-order valence-electron chi connectivity index (χ4n) is 2.58. The van der Waals surface area contributed by atoms with Crippen molar-refractivity contribution in [3.8, 4) is 17.6 Å². The van der Waals surface area contributed by atoms with E-state index in [0.29, 0.717) is 19.8 Å². The fourth-order valence-corrected chi connectivity index (χ4v) is 2.58. The molecule has 1 fully saturated rings. The molecule has 0 aromatic heterocycles. The van der Waals surface area contributed by atoms with E-state index in [0.717, 1.165) is 42.0 Å². The van der Waals surface area contributed by atoms with Crippen molar-refractivity contribution in [3.05, 3.63) is 17.7 Å². The number of nitriles is 1. The van der Waals surface area contributed by atoms with E-state index in [1.807, 2.05) is 19.1 Å². The Kier molecular flexibility index (Phi) is 2.98. The Morgan fingerprint density at radius 1 is 1.26 bits per heavy atom. The minimum Gasteiger partial charge on any atom is -0.486 e. The van der Waals surface area contributed by atoms with E-state index in [9.17, 15) is 5.26 Å². The van der Waals surface area contributed by atoms with Crippen LogP contribution in [0.3, 0.4) is 0 Å². The summed E-state index contributed by atoms with van der Waals surface area (Å²) < 4.78 is 11.1. The van der Waals surface area contributed by atoms with Crippen molar-refractivity contribution in [2.45, 2.75) is 26.2 Å². The van der Waals surface area contributed by atoms with Crippen LogP contribution in [0.1, 0.15) is 24.8 Å². The van der Waals surface area contributed by atoms with Crippen molar-refractivity contribution in [1.29, 1.82) is 5.26 Å². The zero-order valence-electron chi connectivity index (χ0n) is 11.2. The van der Waals surface area contributed by atoms with Gasteiger partial charge in [-0.25, -0.2) is 0 Å². The summed E-state index contributed by atoms with van der Waals surface area (Å²) in [5, 5.41) is 12.6. The maximum Gasteiger partial charge on any atom is 0.163 e. The third kappa shape index (κ3) is 2.21. The molecule has 1 aromatic rings. The molecule has 100 valence electrons. The lowest BCUT2D eigenvalue weighted by Gasteiger charge is -2.35. The molecule has 1 heterocycles. The molecule has 2 aliphatic rings. The molecule has 0 saturated heterocycles. The van der Waals surface area contributed by atoms with Crippen molar-refractivity contribution in [3.63, 3.8) is 0 Å². The Balaban J connectivity index is 1.76. The van der Waals surface area contributed by atoms with E-state index in [1.54, 1.807) is 0 Å². The number of fused-ring (bicyclic) bond motifs is 1. The van der Waals surface area contributed by atoms with Gasteiger partial charge in [-0.1, -0.05) is 6.42 Å². The zero-order valence-corrected chi connectivity index (χ0v) is 11.2. The van der Waals surface area contributed by atoms with Crippen LogP contribution in [-0.4, -0.2) is 19.8 Å². The number of hydrogen-bond donors (Lipinski definition) is 1. The maximum absolute atomic E-state index is 9.24. The molecule has 1 aliphatic heterocycles. The van der Waals surface area contributed by atoms with Gasteiger partial charge < -0.3 is 14.8 Å². The van der Waals surface area contributed by atoms with E-state index in [-0.39, 0.29) is 5.41 Å². The molecule has 19 heavy (non-hydrogen) atoms. The number of nitrogens with zero attached hydrogens (tertiary/aromatic N) is 1. The topological polar surface area (TPSA) is 54.3 Å². The summed E-state index contributed by atoms with van der Waals surface area (Å²) in [5.74, 6) is 1.60. The second-order valence-electron chi connectivity index (χ2n) is 5.41. The van der Waals surface area contributed by atoms with Crippen LogP contribution in [0.2, 0.25) is 0 Å². The highest BCUT2D eigenvalue weighted by Gasteiger charge is 2.37. The van der Waals surface area contributed by atoms with Gasteiger partial charge in [0.05, 0.1) is 11.5 Å². The quantitative estimate of drug-likeness (QED) is 0.905. The molecule has 0 amide bonds.